The summed E-state index contributed by atoms with van der Waals surface area (Å²) in [5, 5.41) is 37.3. The lowest BCUT2D eigenvalue weighted by Gasteiger charge is -2.33. The number of rotatable bonds is 13. The van der Waals surface area contributed by atoms with E-state index in [2.05, 4.69) is 20.6 Å². The molecule has 1 aliphatic rings. The first-order chi connectivity index (χ1) is 23.6. The van der Waals surface area contributed by atoms with Crippen LogP contribution in [0.2, 0.25) is 0 Å². The molecule has 50 heavy (non-hydrogen) atoms. The molecule has 2 heterocycles. The maximum Gasteiger partial charge on any atom is 0.421 e. The van der Waals surface area contributed by atoms with Crippen LogP contribution in [0.3, 0.4) is 0 Å². The summed E-state index contributed by atoms with van der Waals surface area (Å²) < 4.78 is 73.4. The highest BCUT2D eigenvalue weighted by Crippen LogP contribution is 2.52. The molecule has 0 unspecified atom stereocenters. The summed E-state index contributed by atoms with van der Waals surface area (Å²) in [6, 6.07) is 8.08. The van der Waals surface area contributed by atoms with Crippen molar-refractivity contribution < 1.29 is 51.6 Å². The molecule has 0 saturated heterocycles. The summed E-state index contributed by atoms with van der Waals surface area (Å²) in [7, 11) is -0.433. The van der Waals surface area contributed by atoms with Crippen LogP contribution in [0.5, 0.6) is 11.6 Å². The number of alkyl halides is 3. The number of fused-ring (bicyclic) bond motifs is 1. The average molecular weight is 722 g/mol. The van der Waals surface area contributed by atoms with Crippen LogP contribution in [0.4, 0.5) is 36.3 Å². The Bertz CT molecular complexity index is 1920. The van der Waals surface area contributed by atoms with Crippen molar-refractivity contribution in [1.82, 2.24) is 14.5 Å². The fourth-order valence-corrected chi connectivity index (χ4v) is 7.89. The van der Waals surface area contributed by atoms with Gasteiger partial charge in [0.1, 0.15) is 17.1 Å². The number of anilines is 4. The second kappa shape index (κ2) is 14.5. The Morgan fingerprint density at radius 1 is 1.10 bits per heavy atom. The lowest BCUT2D eigenvalue weighted by molar-refractivity contribution is -0.162. The Morgan fingerprint density at radius 2 is 1.76 bits per heavy atom. The molecule has 0 aliphatic heterocycles. The standard InChI is InChI=1S/C33H39F3N5O8P/c1-5-48-50(46,49-6-2)18-19-7-9-24(26(15-19)47-4)39-31-37-16-23(33(34,35)36)28(40-31)38-25-10-8-21(22-17-41(3)29(42)27(22)25)20-11-13-32(45,14-12-20)30(43)44/h7-10,15-17,20,42,45H,5-6,11-14,18H2,1-4H3,(H,43,44)(H2,37,38,39,40). The number of carboxylic acid groups (broad SMARTS) is 1. The number of carbonyl (C=O) groups is 1. The van der Waals surface area contributed by atoms with E-state index in [1.165, 1.54) is 17.7 Å². The summed E-state index contributed by atoms with van der Waals surface area (Å²) in [6.07, 6.45) is -1.78. The van der Waals surface area contributed by atoms with Gasteiger partial charge in [-0.15, -0.1) is 0 Å². The van der Waals surface area contributed by atoms with Gasteiger partial charge < -0.3 is 44.3 Å². The number of carboxylic acids is 1. The third-order valence-electron chi connectivity index (χ3n) is 8.70. The van der Waals surface area contributed by atoms with Crippen LogP contribution < -0.4 is 15.4 Å². The Hall–Kier alpha value is -4.37. The minimum absolute atomic E-state index is 0.0267. The summed E-state index contributed by atoms with van der Waals surface area (Å²) >= 11 is 0. The van der Waals surface area contributed by atoms with E-state index in [1.807, 2.05) is 0 Å². The van der Waals surface area contributed by atoms with Crippen LogP contribution in [0.25, 0.3) is 10.8 Å². The van der Waals surface area contributed by atoms with Gasteiger partial charge in [-0.25, -0.2) is 9.78 Å². The minimum atomic E-state index is -4.84. The zero-order valence-electron chi connectivity index (χ0n) is 27.9. The SMILES string of the molecule is CCOP(=O)(Cc1ccc(Nc2ncc(C(F)(F)F)c(Nc3ccc(C4CCC(O)(C(=O)O)CC4)c4cn(C)c(O)c34)n2)c(OC)c1)OCC. The Labute approximate surface area is 285 Å². The topological polar surface area (TPSA) is 177 Å². The van der Waals surface area contributed by atoms with Gasteiger partial charge in [0.15, 0.2) is 5.60 Å². The highest BCUT2D eigenvalue weighted by molar-refractivity contribution is 7.53. The van der Waals surface area contributed by atoms with Crippen LogP contribution in [0.1, 0.15) is 62.1 Å². The van der Waals surface area contributed by atoms with E-state index in [0.717, 1.165) is 5.56 Å². The number of hydrogen-bond donors (Lipinski definition) is 5. The van der Waals surface area contributed by atoms with Gasteiger partial charge in [0.25, 0.3) is 0 Å². The lowest BCUT2D eigenvalue weighted by atomic mass is 9.75. The van der Waals surface area contributed by atoms with Crippen LogP contribution in [-0.4, -0.2) is 61.7 Å². The van der Waals surface area contributed by atoms with Crippen molar-refractivity contribution in [3.05, 3.63) is 59.4 Å². The third kappa shape index (κ3) is 7.68. The molecule has 13 nitrogen and oxygen atoms in total. The van der Waals surface area contributed by atoms with E-state index < -0.39 is 36.7 Å². The van der Waals surface area contributed by atoms with E-state index in [4.69, 9.17) is 13.8 Å². The van der Waals surface area contributed by atoms with Crippen LogP contribution in [0.15, 0.2) is 42.7 Å². The van der Waals surface area contributed by atoms with E-state index in [0.29, 0.717) is 35.7 Å². The highest BCUT2D eigenvalue weighted by atomic mass is 31.2. The Balaban J connectivity index is 1.47. The van der Waals surface area contributed by atoms with E-state index in [1.54, 1.807) is 51.4 Å². The molecule has 2 aromatic carbocycles. The molecule has 0 radical (unpaired) electrons. The number of halogens is 3. The first-order valence-corrected chi connectivity index (χ1v) is 17.6. The summed E-state index contributed by atoms with van der Waals surface area (Å²) in [6.45, 7) is 3.79. The fraction of sp³-hybridized carbons (Fsp3) is 0.424. The second-order valence-electron chi connectivity index (χ2n) is 12.0. The zero-order valence-corrected chi connectivity index (χ0v) is 28.8. The monoisotopic (exact) mass is 721 g/mol. The molecule has 5 N–H and O–H groups in total. The molecule has 0 bridgehead atoms. The second-order valence-corrected chi connectivity index (χ2v) is 14.1. The van der Waals surface area contributed by atoms with Crippen molar-refractivity contribution in [3.63, 3.8) is 0 Å². The van der Waals surface area contributed by atoms with Crippen molar-refractivity contribution in [2.45, 2.75) is 63.4 Å². The Kier molecular flexibility index (Phi) is 10.7. The van der Waals surface area contributed by atoms with Crippen LogP contribution >= 0.6 is 7.60 Å². The maximum atomic E-state index is 14.2. The summed E-state index contributed by atoms with van der Waals surface area (Å²) in [5.74, 6) is -2.14. The fourth-order valence-electron chi connectivity index (χ4n) is 6.20. The van der Waals surface area contributed by atoms with Crippen molar-refractivity contribution in [3.8, 4) is 11.6 Å². The molecular formula is C33H39F3N5O8P. The van der Waals surface area contributed by atoms with Gasteiger partial charge in [0.2, 0.25) is 11.8 Å². The van der Waals surface area contributed by atoms with E-state index in [9.17, 15) is 37.9 Å². The predicted octanol–water partition coefficient (Wildman–Crippen LogP) is 7.43. The quantitative estimate of drug-likeness (QED) is 0.0865. The number of aliphatic hydroxyl groups is 1. The molecule has 0 spiro atoms. The number of aromatic nitrogens is 3. The molecule has 0 atom stereocenters. The van der Waals surface area contributed by atoms with Gasteiger partial charge in [-0.3, -0.25) is 4.57 Å². The molecule has 1 fully saturated rings. The number of hydrogen-bond acceptors (Lipinski definition) is 11. The summed E-state index contributed by atoms with van der Waals surface area (Å²) in [4.78, 5) is 19.6. The van der Waals surface area contributed by atoms with Gasteiger partial charge in [-0.05, 0) is 74.8 Å². The smallest absolute Gasteiger partial charge is 0.421 e. The Morgan fingerprint density at radius 3 is 2.36 bits per heavy atom. The molecule has 1 aliphatic carbocycles. The number of aliphatic carboxylic acids is 1. The van der Waals surface area contributed by atoms with Gasteiger partial charge in [-0.2, -0.15) is 18.2 Å². The van der Waals surface area contributed by atoms with Crippen molar-refractivity contribution in [2.24, 2.45) is 7.05 Å². The van der Waals surface area contributed by atoms with Gasteiger partial charge in [0, 0.05) is 24.8 Å². The molecule has 1 saturated carbocycles. The largest absolute Gasteiger partial charge is 0.495 e. The number of nitrogens with one attached hydrogen (secondary N) is 2. The third-order valence-corrected chi connectivity index (χ3v) is 10.8. The first kappa shape index (κ1) is 36.9. The number of benzene rings is 2. The lowest BCUT2D eigenvalue weighted by Crippen LogP contribution is -2.41. The summed E-state index contributed by atoms with van der Waals surface area (Å²) in [5.41, 5.74) is -1.16. The number of nitrogens with zero attached hydrogens (tertiary/aromatic N) is 3. The van der Waals surface area contributed by atoms with Crippen molar-refractivity contribution in [1.29, 1.82) is 0 Å². The van der Waals surface area contributed by atoms with Crippen LogP contribution in [0, 0.1) is 0 Å². The normalized spacial score (nSPS) is 18.3. The van der Waals surface area contributed by atoms with Gasteiger partial charge in [-0.1, -0.05) is 12.1 Å². The maximum absolute atomic E-state index is 14.2. The number of methoxy groups -OCH3 is 1. The molecule has 2 aromatic heterocycles. The molecule has 4 aromatic rings. The number of ether oxygens (including phenoxy) is 1. The molecule has 17 heteroatoms. The minimum Gasteiger partial charge on any atom is -0.495 e. The number of aryl methyl sites for hydroxylation is 1. The zero-order chi connectivity index (χ0) is 36.4. The molecular weight excluding hydrogens is 682 g/mol. The highest BCUT2D eigenvalue weighted by Gasteiger charge is 2.41. The average Bonchev–Trinajstić information content (AvgIpc) is 3.36. The molecule has 5 rings (SSSR count). The molecule has 270 valence electrons. The first-order valence-electron chi connectivity index (χ1n) is 15.9. The number of aromatic hydroxyl groups is 1. The van der Waals surface area contributed by atoms with Crippen molar-refractivity contribution >= 4 is 47.5 Å². The van der Waals surface area contributed by atoms with E-state index in [-0.39, 0.29) is 66.8 Å². The van der Waals surface area contributed by atoms with E-state index >= 15 is 0 Å². The predicted molar refractivity (Wildman–Crippen MR) is 180 cm³/mol. The van der Waals surface area contributed by atoms with Crippen molar-refractivity contribution in [2.75, 3.05) is 31.0 Å². The van der Waals surface area contributed by atoms with Gasteiger partial charge >= 0.3 is 19.7 Å². The molecule has 0 amide bonds. The van der Waals surface area contributed by atoms with Gasteiger partial charge in [0.05, 0.1) is 43.2 Å². The van der Waals surface area contributed by atoms with Crippen LogP contribution in [-0.2, 0) is 37.8 Å².